The van der Waals surface area contributed by atoms with Crippen molar-refractivity contribution in [2.45, 2.75) is 6.61 Å². The first-order valence-corrected chi connectivity index (χ1v) is 7.15. The minimum atomic E-state index is -0.550. The second-order valence-electron chi connectivity index (χ2n) is 4.73. The zero-order valence-electron chi connectivity index (χ0n) is 13.4. The molecule has 0 radical (unpaired) electrons. The average molecular weight is 327 g/mol. The molecular formula is C18H17NO5. The number of carbonyl (C=O) groups excluding carboxylic acids is 2. The first-order valence-electron chi connectivity index (χ1n) is 7.15. The monoisotopic (exact) mass is 327 g/mol. The van der Waals surface area contributed by atoms with Crippen LogP contribution >= 0.6 is 0 Å². The highest BCUT2D eigenvalue weighted by Gasteiger charge is 2.13. The van der Waals surface area contributed by atoms with E-state index in [0.717, 1.165) is 5.56 Å². The van der Waals surface area contributed by atoms with Crippen LogP contribution in [0.15, 0.2) is 48.7 Å². The van der Waals surface area contributed by atoms with Gasteiger partial charge in [-0.05, 0) is 11.6 Å². The van der Waals surface area contributed by atoms with Crippen molar-refractivity contribution in [3.63, 3.8) is 0 Å². The summed E-state index contributed by atoms with van der Waals surface area (Å²) in [5, 5.41) is 0. The summed E-state index contributed by atoms with van der Waals surface area (Å²) in [7, 11) is 2.55. The van der Waals surface area contributed by atoms with Gasteiger partial charge in [0.25, 0.3) is 0 Å². The Labute approximate surface area is 139 Å². The molecule has 0 N–H and O–H groups in total. The van der Waals surface area contributed by atoms with Crippen LogP contribution in [0.4, 0.5) is 0 Å². The van der Waals surface area contributed by atoms with Crippen LogP contribution in [0.2, 0.25) is 0 Å². The molecule has 0 amide bonds. The van der Waals surface area contributed by atoms with Gasteiger partial charge in [-0.2, -0.15) is 0 Å². The summed E-state index contributed by atoms with van der Waals surface area (Å²) in [5.41, 5.74) is 1.66. The number of aromatic nitrogens is 1. The SMILES string of the molecule is COC(=O)/C=C\c1cnc(OCc2ccccc2)cc1C(=O)OC. The highest BCUT2D eigenvalue weighted by molar-refractivity contribution is 5.95. The van der Waals surface area contributed by atoms with E-state index in [1.807, 2.05) is 30.3 Å². The Bertz CT molecular complexity index is 740. The van der Waals surface area contributed by atoms with Crippen LogP contribution in [0.1, 0.15) is 21.5 Å². The highest BCUT2D eigenvalue weighted by atomic mass is 16.5. The van der Waals surface area contributed by atoms with Gasteiger partial charge in [-0.3, -0.25) is 0 Å². The second kappa shape index (κ2) is 8.47. The van der Waals surface area contributed by atoms with Crippen LogP contribution in [0.3, 0.4) is 0 Å². The van der Waals surface area contributed by atoms with Crippen LogP contribution < -0.4 is 4.74 Å². The molecule has 0 fully saturated rings. The van der Waals surface area contributed by atoms with E-state index in [-0.39, 0.29) is 11.4 Å². The quantitative estimate of drug-likeness (QED) is 0.600. The molecule has 24 heavy (non-hydrogen) atoms. The van der Waals surface area contributed by atoms with Crippen molar-refractivity contribution in [2.75, 3.05) is 14.2 Å². The van der Waals surface area contributed by atoms with Gasteiger partial charge in [-0.1, -0.05) is 30.3 Å². The topological polar surface area (TPSA) is 74.7 Å². The van der Waals surface area contributed by atoms with Crippen LogP contribution in [0.25, 0.3) is 6.08 Å². The number of nitrogens with zero attached hydrogens (tertiary/aromatic N) is 1. The van der Waals surface area contributed by atoms with E-state index in [9.17, 15) is 9.59 Å². The molecule has 0 aliphatic carbocycles. The van der Waals surface area contributed by atoms with Gasteiger partial charge in [-0.15, -0.1) is 0 Å². The van der Waals surface area contributed by atoms with Gasteiger partial charge in [-0.25, -0.2) is 14.6 Å². The number of hydrogen-bond donors (Lipinski definition) is 0. The van der Waals surface area contributed by atoms with E-state index in [1.165, 1.54) is 38.6 Å². The standard InChI is InChI=1S/C18H17NO5/c1-22-17(20)9-8-14-11-19-16(10-15(14)18(21)23-2)24-12-13-6-4-3-5-7-13/h3-11H,12H2,1-2H3/b9-8-. The van der Waals surface area contributed by atoms with E-state index in [4.69, 9.17) is 9.47 Å². The predicted octanol–water partition coefficient (Wildman–Crippen LogP) is 2.63. The fourth-order valence-electron chi connectivity index (χ4n) is 1.90. The lowest BCUT2D eigenvalue weighted by Crippen LogP contribution is -2.06. The number of benzene rings is 1. The molecule has 2 aromatic rings. The lowest BCUT2D eigenvalue weighted by atomic mass is 10.1. The molecule has 1 aromatic carbocycles. The van der Waals surface area contributed by atoms with Gasteiger partial charge in [0.15, 0.2) is 0 Å². The van der Waals surface area contributed by atoms with Gasteiger partial charge in [0.05, 0.1) is 19.8 Å². The van der Waals surface area contributed by atoms with E-state index < -0.39 is 11.9 Å². The minimum Gasteiger partial charge on any atom is -0.473 e. The summed E-state index contributed by atoms with van der Waals surface area (Å²) in [5.74, 6) is -0.795. The minimum absolute atomic E-state index is 0.246. The van der Waals surface area contributed by atoms with Gasteiger partial charge in [0.1, 0.15) is 6.61 Å². The summed E-state index contributed by atoms with van der Waals surface area (Å²) < 4.78 is 14.9. The number of ether oxygens (including phenoxy) is 3. The number of hydrogen-bond acceptors (Lipinski definition) is 6. The van der Waals surface area contributed by atoms with Crippen molar-refractivity contribution >= 4 is 18.0 Å². The number of esters is 2. The van der Waals surface area contributed by atoms with Crippen molar-refractivity contribution in [3.8, 4) is 5.88 Å². The molecule has 0 aliphatic heterocycles. The molecule has 0 aliphatic rings. The Morgan fingerprint density at radius 2 is 1.88 bits per heavy atom. The first-order chi connectivity index (χ1) is 11.6. The Hall–Kier alpha value is -3.15. The van der Waals surface area contributed by atoms with E-state index in [0.29, 0.717) is 12.2 Å². The van der Waals surface area contributed by atoms with Crippen LogP contribution in [0, 0.1) is 0 Å². The predicted molar refractivity (Wildman–Crippen MR) is 87.4 cm³/mol. The molecule has 124 valence electrons. The zero-order valence-corrected chi connectivity index (χ0v) is 13.4. The maximum Gasteiger partial charge on any atom is 0.338 e. The van der Waals surface area contributed by atoms with E-state index in [1.54, 1.807) is 0 Å². The maximum atomic E-state index is 11.9. The summed E-state index contributed by atoms with van der Waals surface area (Å²) in [6, 6.07) is 11.1. The molecule has 0 spiro atoms. The molecule has 0 unspecified atom stereocenters. The van der Waals surface area contributed by atoms with Gasteiger partial charge in [0.2, 0.25) is 5.88 Å². The molecule has 6 heteroatoms. The molecule has 6 nitrogen and oxygen atoms in total. The summed E-state index contributed by atoms with van der Waals surface area (Å²) in [6.45, 7) is 0.325. The zero-order chi connectivity index (χ0) is 17.4. The molecule has 0 bridgehead atoms. The highest BCUT2D eigenvalue weighted by Crippen LogP contribution is 2.18. The normalized spacial score (nSPS) is 10.4. The second-order valence-corrected chi connectivity index (χ2v) is 4.73. The number of rotatable bonds is 6. The Balaban J connectivity index is 2.20. The van der Waals surface area contributed by atoms with Crippen LogP contribution in [0.5, 0.6) is 5.88 Å². The van der Waals surface area contributed by atoms with Crippen molar-refractivity contribution in [1.82, 2.24) is 4.98 Å². The molecular weight excluding hydrogens is 310 g/mol. The fraction of sp³-hybridized carbons (Fsp3) is 0.167. The van der Waals surface area contributed by atoms with E-state index in [2.05, 4.69) is 9.72 Å². The van der Waals surface area contributed by atoms with Gasteiger partial charge >= 0.3 is 11.9 Å². The Morgan fingerprint density at radius 3 is 2.54 bits per heavy atom. The van der Waals surface area contributed by atoms with Crippen molar-refractivity contribution in [1.29, 1.82) is 0 Å². The molecule has 0 atom stereocenters. The van der Waals surface area contributed by atoms with Crippen LogP contribution in [-0.2, 0) is 20.9 Å². The molecule has 1 heterocycles. The largest absolute Gasteiger partial charge is 0.473 e. The molecule has 0 saturated carbocycles. The molecule has 1 aromatic heterocycles. The molecule has 0 saturated heterocycles. The number of carbonyl (C=O) groups is 2. The van der Waals surface area contributed by atoms with Gasteiger partial charge < -0.3 is 14.2 Å². The van der Waals surface area contributed by atoms with Crippen molar-refractivity contribution in [3.05, 3.63) is 65.4 Å². The summed E-state index contributed by atoms with van der Waals surface area (Å²) in [4.78, 5) is 27.3. The fourth-order valence-corrected chi connectivity index (χ4v) is 1.90. The maximum absolute atomic E-state index is 11.9. The lowest BCUT2D eigenvalue weighted by molar-refractivity contribution is -0.134. The van der Waals surface area contributed by atoms with Crippen LogP contribution in [-0.4, -0.2) is 31.1 Å². The Morgan fingerprint density at radius 1 is 1.12 bits per heavy atom. The number of methoxy groups -OCH3 is 2. The average Bonchev–Trinajstić information content (AvgIpc) is 2.64. The third-order valence-electron chi connectivity index (χ3n) is 3.14. The molecule has 2 rings (SSSR count). The summed E-state index contributed by atoms with van der Waals surface area (Å²) >= 11 is 0. The first kappa shape index (κ1) is 17.2. The third kappa shape index (κ3) is 4.67. The smallest absolute Gasteiger partial charge is 0.338 e. The lowest BCUT2D eigenvalue weighted by Gasteiger charge is -2.09. The number of pyridine rings is 1. The third-order valence-corrected chi connectivity index (χ3v) is 3.14. The summed E-state index contributed by atoms with van der Waals surface area (Å²) in [6.07, 6.45) is 4.08. The van der Waals surface area contributed by atoms with Gasteiger partial charge in [0, 0.05) is 23.9 Å². The van der Waals surface area contributed by atoms with Crippen molar-refractivity contribution < 1.29 is 23.8 Å². The van der Waals surface area contributed by atoms with E-state index >= 15 is 0 Å². The Kier molecular flexibility index (Phi) is 6.08. The van der Waals surface area contributed by atoms with Crippen molar-refractivity contribution in [2.24, 2.45) is 0 Å².